The van der Waals surface area contributed by atoms with Gasteiger partial charge in [0.25, 0.3) is 0 Å². The summed E-state index contributed by atoms with van der Waals surface area (Å²) in [6, 6.07) is 17.2. The fourth-order valence-corrected chi connectivity index (χ4v) is 3.34. The molecule has 4 aromatic rings. The standard InChI is InChI=1S/C17H12N2O3S/c20-19(21)17-8-6-12(23-17)10-18-11-5-7-16-14(9-11)13-3-1-2-4-15(13)22-16/h1-9,18H,10H2. The Balaban J connectivity index is 1.61. The third-order valence-corrected chi connectivity index (χ3v) is 4.71. The second kappa shape index (κ2) is 5.40. The van der Waals surface area contributed by atoms with Gasteiger partial charge in [0.2, 0.25) is 0 Å². The summed E-state index contributed by atoms with van der Waals surface area (Å²) in [6.07, 6.45) is 0. The first-order valence-electron chi connectivity index (χ1n) is 7.09. The molecule has 6 heteroatoms. The van der Waals surface area contributed by atoms with Gasteiger partial charge < -0.3 is 9.73 Å². The van der Waals surface area contributed by atoms with Gasteiger partial charge in [-0.1, -0.05) is 29.5 Å². The van der Waals surface area contributed by atoms with Crippen molar-refractivity contribution in [1.29, 1.82) is 0 Å². The molecule has 4 rings (SSSR count). The van der Waals surface area contributed by atoms with Crippen LogP contribution in [-0.4, -0.2) is 4.92 Å². The van der Waals surface area contributed by atoms with Crippen LogP contribution in [0, 0.1) is 10.1 Å². The molecule has 2 aromatic carbocycles. The van der Waals surface area contributed by atoms with Crippen LogP contribution in [0.4, 0.5) is 10.7 Å². The van der Waals surface area contributed by atoms with Crippen LogP contribution in [0.15, 0.2) is 59.0 Å². The number of hydrogen-bond acceptors (Lipinski definition) is 5. The largest absolute Gasteiger partial charge is 0.456 e. The molecule has 0 bridgehead atoms. The number of nitrogens with one attached hydrogen (secondary N) is 1. The van der Waals surface area contributed by atoms with E-state index in [-0.39, 0.29) is 9.92 Å². The van der Waals surface area contributed by atoms with Gasteiger partial charge in [0.15, 0.2) is 0 Å². The summed E-state index contributed by atoms with van der Waals surface area (Å²) >= 11 is 1.19. The van der Waals surface area contributed by atoms with Gasteiger partial charge in [0.05, 0.1) is 4.92 Å². The molecule has 0 spiro atoms. The van der Waals surface area contributed by atoms with E-state index >= 15 is 0 Å². The van der Waals surface area contributed by atoms with Crippen molar-refractivity contribution in [3.8, 4) is 0 Å². The average Bonchev–Trinajstić information content (AvgIpc) is 3.17. The number of furan rings is 1. The lowest BCUT2D eigenvalue weighted by molar-refractivity contribution is -0.380. The Morgan fingerprint density at radius 3 is 2.70 bits per heavy atom. The highest BCUT2D eigenvalue weighted by Gasteiger charge is 2.10. The van der Waals surface area contributed by atoms with E-state index in [1.54, 1.807) is 6.07 Å². The zero-order valence-corrected chi connectivity index (χ0v) is 12.8. The number of rotatable bonds is 4. The molecular formula is C17H12N2O3S. The fraction of sp³-hybridized carbons (Fsp3) is 0.0588. The molecule has 0 aliphatic carbocycles. The van der Waals surface area contributed by atoms with Crippen molar-refractivity contribution in [3.05, 3.63) is 69.6 Å². The number of fused-ring (bicyclic) bond motifs is 3. The molecular weight excluding hydrogens is 312 g/mol. The highest BCUT2D eigenvalue weighted by atomic mass is 32.1. The van der Waals surface area contributed by atoms with Crippen molar-refractivity contribution >= 4 is 44.0 Å². The highest BCUT2D eigenvalue weighted by Crippen LogP contribution is 2.31. The zero-order chi connectivity index (χ0) is 15.8. The van der Waals surface area contributed by atoms with E-state index < -0.39 is 0 Å². The number of nitro groups is 1. The maximum absolute atomic E-state index is 10.7. The molecule has 0 atom stereocenters. The minimum Gasteiger partial charge on any atom is -0.456 e. The zero-order valence-electron chi connectivity index (χ0n) is 12.0. The van der Waals surface area contributed by atoms with Crippen molar-refractivity contribution in [2.24, 2.45) is 0 Å². The maximum atomic E-state index is 10.7. The predicted molar refractivity (Wildman–Crippen MR) is 92.0 cm³/mol. The van der Waals surface area contributed by atoms with Crippen molar-refractivity contribution in [2.75, 3.05) is 5.32 Å². The fourth-order valence-electron chi connectivity index (χ4n) is 2.58. The van der Waals surface area contributed by atoms with E-state index in [1.807, 2.05) is 42.5 Å². The summed E-state index contributed by atoms with van der Waals surface area (Å²) in [7, 11) is 0. The van der Waals surface area contributed by atoms with Gasteiger partial charge >= 0.3 is 5.00 Å². The van der Waals surface area contributed by atoms with Gasteiger partial charge in [-0.2, -0.15) is 0 Å². The number of nitrogens with zero attached hydrogens (tertiary/aromatic N) is 1. The maximum Gasteiger partial charge on any atom is 0.324 e. The lowest BCUT2D eigenvalue weighted by Gasteiger charge is -2.04. The van der Waals surface area contributed by atoms with Gasteiger partial charge in [-0.25, -0.2) is 0 Å². The molecule has 0 saturated heterocycles. The van der Waals surface area contributed by atoms with Crippen molar-refractivity contribution in [3.63, 3.8) is 0 Å². The van der Waals surface area contributed by atoms with Crippen LogP contribution in [0.5, 0.6) is 0 Å². The van der Waals surface area contributed by atoms with Crippen LogP contribution in [0.25, 0.3) is 21.9 Å². The molecule has 23 heavy (non-hydrogen) atoms. The Morgan fingerprint density at radius 2 is 1.87 bits per heavy atom. The first-order chi connectivity index (χ1) is 11.2. The van der Waals surface area contributed by atoms with Gasteiger partial charge in [0, 0.05) is 33.9 Å². The first kappa shape index (κ1) is 13.8. The molecule has 114 valence electrons. The van der Waals surface area contributed by atoms with Crippen molar-refractivity contribution in [1.82, 2.24) is 0 Å². The van der Waals surface area contributed by atoms with E-state index in [1.165, 1.54) is 17.4 Å². The van der Waals surface area contributed by atoms with Gasteiger partial charge in [0.1, 0.15) is 11.2 Å². The lowest BCUT2D eigenvalue weighted by atomic mass is 10.1. The van der Waals surface area contributed by atoms with Crippen LogP contribution in [0.2, 0.25) is 0 Å². The minimum atomic E-state index is -0.363. The number of anilines is 1. The topological polar surface area (TPSA) is 68.3 Å². The second-order valence-corrected chi connectivity index (χ2v) is 6.31. The smallest absolute Gasteiger partial charge is 0.324 e. The molecule has 1 N–H and O–H groups in total. The Morgan fingerprint density at radius 1 is 1.04 bits per heavy atom. The summed E-state index contributed by atoms with van der Waals surface area (Å²) < 4.78 is 5.80. The summed E-state index contributed by atoms with van der Waals surface area (Å²) in [5.74, 6) is 0. The van der Waals surface area contributed by atoms with Crippen LogP contribution in [0.1, 0.15) is 4.88 Å². The quantitative estimate of drug-likeness (QED) is 0.415. The number of hydrogen-bond donors (Lipinski definition) is 1. The first-order valence-corrected chi connectivity index (χ1v) is 7.90. The van der Waals surface area contributed by atoms with E-state index in [9.17, 15) is 10.1 Å². The summed E-state index contributed by atoms with van der Waals surface area (Å²) in [5.41, 5.74) is 2.68. The highest BCUT2D eigenvalue weighted by molar-refractivity contribution is 7.15. The van der Waals surface area contributed by atoms with Crippen LogP contribution < -0.4 is 5.32 Å². The van der Waals surface area contributed by atoms with Gasteiger partial charge in [-0.15, -0.1) is 0 Å². The van der Waals surface area contributed by atoms with Gasteiger partial charge in [-0.05, 0) is 30.3 Å². The molecule has 0 fully saturated rings. The third-order valence-electron chi connectivity index (χ3n) is 3.67. The summed E-state index contributed by atoms with van der Waals surface area (Å²) in [5, 5.41) is 16.3. The van der Waals surface area contributed by atoms with Crippen molar-refractivity contribution in [2.45, 2.75) is 6.54 Å². The monoisotopic (exact) mass is 324 g/mol. The minimum absolute atomic E-state index is 0.165. The normalized spacial score (nSPS) is 11.1. The molecule has 2 heterocycles. The van der Waals surface area contributed by atoms with E-state index in [4.69, 9.17) is 4.42 Å². The van der Waals surface area contributed by atoms with Crippen molar-refractivity contribution < 1.29 is 9.34 Å². The predicted octanol–water partition coefficient (Wildman–Crippen LogP) is 5.17. The number of thiophene rings is 1. The van der Waals surface area contributed by atoms with Crippen LogP contribution in [-0.2, 0) is 6.54 Å². The molecule has 2 aromatic heterocycles. The average molecular weight is 324 g/mol. The molecule has 0 aliphatic rings. The second-order valence-electron chi connectivity index (χ2n) is 5.16. The molecule has 5 nitrogen and oxygen atoms in total. The third kappa shape index (κ3) is 2.53. The van der Waals surface area contributed by atoms with E-state index in [0.29, 0.717) is 6.54 Å². The molecule has 0 aliphatic heterocycles. The molecule has 0 radical (unpaired) electrons. The van der Waals surface area contributed by atoms with Crippen LogP contribution in [0.3, 0.4) is 0 Å². The SMILES string of the molecule is O=[N+]([O-])c1ccc(CNc2ccc3oc4ccccc4c3c2)s1. The summed E-state index contributed by atoms with van der Waals surface area (Å²) in [6.45, 7) is 0.555. The Bertz CT molecular complexity index is 1020. The Hall–Kier alpha value is -2.86. The molecule has 0 unspecified atom stereocenters. The van der Waals surface area contributed by atoms with E-state index in [0.717, 1.165) is 32.5 Å². The Labute approximate surface area is 135 Å². The lowest BCUT2D eigenvalue weighted by Crippen LogP contribution is -1.96. The number of para-hydroxylation sites is 1. The molecule has 0 saturated carbocycles. The van der Waals surface area contributed by atoms with Crippen LogP contribution >= 0.6 is 11.3 Å². The van der Waals surface area contributed by atoms with E-state index in [2.05, 4.69) is 5.32 Å². The Kier molecular flexibility index (Phi) is 3.24. The number of benzene rings is 2. The summed E-state index contributed by atoms with van der Waals surface area (Å²) in [4.78, 5) is 11.3. The van der Waals surface area contributed by atoms with Gasteiger partial charge in [-0.3, -0.25) is 10.1 Å². The molecule has 0 amide bonds.